The summed E-state index contributed by atoms with van der Waals surface area (Å²) in [5.41, 5.74) is -0.0357. The van der Waals surface area contributed by atoms with Gasteiger partial charge < -0.3 is 5.32 Å². The number of benzene rings is 1. The molecule has 6 heteroatoms. The molecule has 0 aliphatic heterocycles. The van der Waals surface area contributed by atoms with E-state index in [2.05, 4.69) is 30.8 Å². The summed E-state index contributed by atoms with van der Waals surface area (Å²) in [6.45, 7) is 6.31. The highest BCUT2D eigenvalue weighted by atomic mass is 35.5. The Morgan fingerprint density at radius 2 is 1.59 bits per heavy atom. The van der Waals surface area contributed by atoms with Crippen molar-refractivity contribution in [1.82, 2.24) is 10.0 Å². The normalized spacial score (nSPS) is 23.5. The third kappa shape index (κ3) is 4.95. The molecular weight excluding hydrogens is 320 g/mol. The van der Waals surface area contributed by atoms with Gasteiger partial charge in [0.1, 0.15) is 0 Å². The van der Waals surface area contributed by atoms with E-state index in [-0.39, 0.29) is 22.5 Å². The largest absolute Gasteiger partial charge is 0.308 e. The molecule has 124 valence electrons. The summed E-state index contributed by atoms with van der Waals surface area (Å²) in [5, 5.41) is 4.07. The molecule has 0 heterocycles. The van der Waals surface area contributed by atoms with Crippen LogP contribution in [-0.2, 0) is 10.0 Å². The van der Waals surface area contributed by atoms with Gasteiger partial charge in [0.2, 0.25) is 10.0 Å². The van der Waals surface area contributed by atoms with Gasteiger partial charge in [-0.05, 0) is 57.9 Å². The van der Waals surface area contributed by atoms with Crippen molar-refractivity contribution < 1.29 is 8.42 Å². The zero-order chi connectivity index (χ0) is 16.4. The Morgan fingerprint density at radius 1 is 1.05 bits per heavy atom. The van der Waals surface area contributed by atoms with Crippen LogP contribution in [0.2, 0.25) is 5.02 Å². The number of hydrogen-bond acceptors (Lipinski definition) is 3. The second-order valence-corrected chi connectivity index (χ2v) is 9.12. The summed E-state index contributed by atoms with van der Waals surface area (Å²) in [6.07, 6.45) is 4.04. The lowest BCUT2D eigenvalue weighted by Crippen LogP contribution is -2.56. The number of rotatable bonds is 4. The summed E-state index contributed by atoms with van der Waals surface area (Å²) >= 11 is 5.82. The molecule has 0 amide bonds. The van der Waals surface area contributed by atoms with Crippen molar-refractivity contribution in [2.45, 2.75) is 69.0 Å². The van der Waals surface area contributed by atoms with Crippen LogP contribution in [0.3, 0.4) is 0 Å². The molecule has 0 aromatic heterocycles. The number of sulfonamides is 1. The van der Waals surface area contributed by atoms with E-state index in [1.807, 2.05) is 0 Å². The van der Waals surface area contributed by atoms with Gasteiger partial charge in [-0.2, -0.15) is 0 Å². The van der Waals surface area contributed by atoms with Crippen LogP contribution in [-0.4, -0.2) is 26.0 Å². The first-order valence-electron chi connectivity index (χ1n) is 7.73. The molecule has 2 N–H and O–H groups in total. The maximum Gasteiger partial charge on any atom is 0.240 e. The fourth-order valence-corrected chi connectivity index (χ4v) is 4.32. The Balaban J connectivity index is 2.13. The lowest BCUT2D eigenvalue weighted by atomic mass is 9.89. The summed E-state index contributed by atoms with van der Waals surface area (Å²) in [6, 6.07) is 6.37. The van der Waals surface area contributed by atoms with Crippen LogP contribution in [0.1, 0.15) is 46.5 Å². The highest BCUT2D eigenvalue weighted by Gasteiger charge is 2.31. The molecule has 22 heavy (non-hydrogen) atoms. The molecule has 2 atom stereocenters. The molecule has 2 unspecified atom stereocenters. The quantitative estimate of drug-likeness (QED) is 0.880. The first-order chi connectivity index (χ1) is 10.2. The zero-order valence-electron chi connectivity index (χ0n) is 13.4. The minimum atomic E-state index is -3.51. The molecule has 2 rings (SSSR count). The molecule has 0 spiro atoms. The van der Waals surface area contributed by atoms with Gasteiger partial charge in [-0.15, -0.1) is 0 Å². The Kier molecular flexibility index (Phi) is 5.54. The van der Waals surface area contributed by atoms with E-state index in [0.29, 0.717) is 5.02 Å². The molecule has 1 fully saturated rings. The number of hydrogen-bond donors (Lipinski definition) is 2. The van der Waals surface area contributed by atoms with Crippen molar-refractivity contribution in [2.24, 2.45) is 0 Å². The Labute approximate surface area is 138 Å². The van der Waals surface area contributed by atoms with Gasteiger partial charge in [0, 0.05) is 22.6 Å². The fraction of sp³-hybridized carbons (Fsp3) is 0.625. The van der Waals surface area contributed by atoms with Gasteiger partial charge in [-0.1, -0.05) is 24.4 Å². The van der Waals surface area contributed by atoms with Crippen LogP contribution in [0.15, 0.2) is 29.2 Å². The van der Waals surface area contributed by atoms with E-state index in [9.17, 15) is 8.42 Å². The van der Waals surface area contributed by atoms with Gasteiger partial charge in [-0.25, -0.2) is 13.1 Å². The fourth-order valence-electron chi connectivity index (χ4n) is 2.88. The SMILES string of the molecule is CC(C)(C)NC1CCCCC1NS(=O)(=O)c1ccc(Cl)cc1. The highest BCUT2D eigenvalue weighted by molar-refractivity contribution is 7.89. The molecule has 0 saturated heterocycles. The lowest BCUT2D eigenvalue weighted by molar-refractivity contribution is 0.255. The Bertz CT molecular complexity index is 594. The van der Waals surface area contributed by atoms with E-state index in [1.165, 1.54) is 0 Å². The van der Waals surface area contributed by atoms with Crippen LogP contribution in [0.25, 0.3) is 0 Å². The second-order valence-electron chi connectivity index (χ2n) is 6.97. The van der Waals surface area contributed by atoms with Crippen molar-refractivity contribution in [3.8, 4) is 0 Å². The molecule has 1 aromatic rings. The molecule has 1 saturated carbocycles. The van der Waals surface area contributed by atoms with Crippen molar-refractivity contribution in [2.75, 3.05) is 0 Å². The smallest absolute Gasteiger partial charge is 0.240 e. The summed E-state index contributed by atoms with van der Waals surface area (Å²) in [5.74, 6) is 0. The van der Waals surface area contributed by atoms with E-state index in [0.717, 1.165) is 25.7 Å². The number of nitrogens with one attached hydrogen (secondary N) is 2. The summed E-state index contributed by atoms with van der Waals surface area (Å²) in [7, 11) is -3.51. The predicted octanol–water partition coefficient (Wildman–Crippen LogP) is 3.32. The molecule has 1 aliphatic rings. The molecule has 0 radical (unpaired) electrons. The van der Waals surface area contributed by atoms with Crippen molar-refractivity contribution in [1.29, 1.82) is 0 Å². The van der Waals surface area contributed by atoms with E-state index in [4.69, 9.17) is 11.6 Å². The Hall–Kier alpha value is -0.620. The van der Waals surface area contributed by atoms with Gasteiger partial charge in [0.05, 0.1) is 4.90 Å². The average Bonchev–Trinajstić information content (AvgIpc) is 2.39. The second kappa shape index (κ2) is 6.87. The topological polar surface area (TPSA) is 58.2 Å². The number of halogens is 1. The third-order valence-electron chi connectivity index (χ3n) is 3.81. The van der Waals surface area contributed by atoms with E-state index >= 15 is 0 Å². The van der Waals surface area contributed by atoms with Crippen LogP contribution in [0.4, 0.5) is 0 Å². The standard InChI is InChI=1S/C16H25ClN2O2S/c1-16(2,3)18-14-6-4-5-7-15(14)19-22(20,21)13-10-8-12(17)9-11-13/h8-11,14-15,18-19H,4-7H2,1-3H3. The summed E-state index contributed by atoms with van der Waals surface area (Å²) < 4.78 is 28.0. The van der Waals surface area contributed by atoms with Crippen LogP contribution < -0.4 is 10.0 Å². The molecule has 4 nitrogen and oxygen atoms in total. The van der Waals surface area contributed by atoms with Crippen LogP contribution in [0, 0.1) is 0 Å². The molecule has 0 bridgehead atoms. The molecule has 1 aromatic carbocycles. The van der Waals surface area contributed by atoms with Gasteiger partial charge in [0.15, 0.2) is 0 Å². The van der Waals surface area contributed by atoms with Crippen molar-refractivity contribution in [3.05, 3.63) is 29.3 Å². The summed E-state index contributed by atoms with van der Waals surface area (Å²) in [4.78, 5) is 0.261. The van der Waals surface area contributed by atoms with Crippen LogP contribution in [0.5, 0.6) is 0 Å². The Morgan fingerprint density at radius 3 is 2.14 bits per heavy atom. The van der Waals surface area contributed by atoms with E-state index < -0.39 is 10.0 Å². The lowest BCUT2D eigenvalue weighted by Gasteiger charge is -2.37. The van der Waals surface area contributed by atoms with Gasteiger partial charge >= 0.3 is 0 Å². The maximum atomic E-state index is 12.5. The predicted molar refractivity (Wildman–Crippen MR) is 90.7 cm³/mol. The van der Waals surface area contributed by atoms with E-state index in [1.54, 1.807) is 24.3 Å². The molecule has 1 aliphatic carbocycles. The maximum absolute atomic E-state index is 12.5. The minimum Gasteiger partial charge on any atom is -0.308 e. The first-order valence-corrected chi connectivity index (χ1v) is 9.59. The minimum absolute atomic E-state index is 0.0357. The van der Waals surface area contributed by atoms with Gasteiger partial charge in [0.25, 0.3) is 0 Å². The van der Waals surface area contributed by atoms with Crippen LogP contribution >= 0.6 is 11.6 Å². The zero-order valence-corrected chi connectivity index (χ0v) is 15.0. The third-order valence-corrected chi connectivity index (χ3v) is 5.57. The van der Waals surface area contributed by atoms with Crippen molar-refractivity contribution >= 4 is 21.6 Å². The average molecular weight is 345 g/mol. The van der Waals surface area contributed by atoms with Crippen molar-refractivity contribution in [3.63, 3.8) is 0 Å². The highest BCUT2D eigenvalue weighted by Crippen LogP contribution is 2.23. The first kappa shape index (κ1) is 17.7. The molecular formula is C16H25ClN2O2S. The monoisotopic (exact) mass is 344 g/mol. The van der Waals surface area contributed by atoms with Gasteiger partial charge in [-0.3, -0.25) is 0 Å².